The first-order valence-corrected chi connectivity index (χ1v) is 5.67. The van der Waals surface area contributed by atoms with Crippen LogP contribution in [-0.4, -0.2) is 19.6 Å². The SMILES string of the molecule is CC[NH3+].Nc1ccc(N2CCCC2)cc1. The van der Waals surface area contributed by atoms with E-state index in [1.54, 1.807) is 0 Å². The highest BCUT2D eigenvalue weighted by atomic mass is 15.1. The van der Waals surface area contributed by atoms with Crippen molar-refractivity contribution in [2.45, 2.75) is 19.8 Å². The number of nitrogens with two attached hydrogens (primary N) is 1. The molecule has 5 N–H and O–H groups in total. The van der Waals surface area contributed by atoms with Gasteiger partial charge in [0.25, 0.3) is 0 Å². The van der Waals surface area contributed by atoms with Gasteiger partial charge in [-0.3, -0.25) is 0 Å². The predicted molar refractivity (Wildman–Crippen MR) is 65.7 cm³/mol. The van der Waals surface area contributed by atoms with E-state index in [0.717, 1.165) is 12.2 Å². The van der Waals surface area contributed by atoms with Crippen molar-refractivity contribution in [3.05, 3.63) is 24.3 Å². The van der Waals surface area contributed by atoms with E-state index < -0.39 is 0 Å². The maximum atomic E-state index is 5.61. The van der Waals surface area contributed by atoms with Crippen LogP contribution in [0.2, 0.25) is 0 Å². The monoisotopic (exact) mass is 208 g/mol. The molecule has 84 valence electrons. The third-order valence-electron chi connectivity index (χ3n) is 2.36. The Kier molecular flexibility index (Phi) is 4.98. The second kappa shape index (κ2) is 6.30. The number of hydrogen-bond acceptors (Lipinski definition) is 2. The van der Waals surface area contributed by atoms with Crippen molar-refractivity contribution in [3.63, 3.8) is 0 Å². The second-order valence-electron chi connectivity index (χ2n) is 3.79. The van der Waals surface area contributed by atoms with Gasteiger partial charge in [-0.1, -0.05) is 0 Å². The molecule has 0 aliphatic carbocycles. The summed E-state index contributed by atoms with van der Waals surface area (Å²) < 4.78 is 0. The van der Waals surface area contributed by atoms with E-state index in [2.05, 4.69) is 22.8 Å². The quantitative estimate of drug-likeness (QED) is 0.679. The van der Waals surface area contributed by atoms with Crippen molar-refractivity contribution in [2.75, 3.05) is 30.3 Å². The molecule has 1 fully saturated rings. The van der Waals surface area contributed by atoms with Gasteiger partial charge in [-0.25, -0.2) is 0 Å². The van der Waals surface area contributed by atoms with Crippen molar-refractivity contribution in [1.29, 1.82) is 0 Å². The van der Waals surface area contributed by atoms with Crippen LogP contribution in [0.15, 0.2) is 24.3 Å². The summed E-state index contributed by atoms with van der Waals surface area (Å²) >= 11 is 0. The fraction of sp³-hybridized carbons (Fsp3) is 0.500. The molecule has 1 aliphatic heterocycles. The molecule has 0 bridgehead atoms. The summed E-state index contributed by atoms with van der Waals surface area (Å²) in [6.07, 6.45) is 2.65. The largest absolute Gasteiger partial charge is 0.399 e. The molecule has 0 radical (unpaired) electrons. The van der Waals surface area contributed by atoms with Crippen molar-refractivity contribution < 1.29 is 5.73 Å². The maximum absolute atomic E-state index is 5.61. The van der Waals surface area contributed by atoms with Crippen LogP contribution in [0.25, 0.3) is 0 Å². The summed E-state index contributed by atoms with van der Waals surface area (Å²) in [5.74, 6) is 0. The number of quaternary nitrogens is 1. The summed E-state index contributed by atoms with van der Waals surface area (Å²) in [5, 5.41) is 0. The lowest BCUT2D eigenvalue weighted by Crippen LogP contribution is -2.48. The minimum Gasteiger partial charge on any atom is -0.399 e. The summed E-state index contributed by atoms with van der Waals surface area (Å²) in [5.41, 5.74) is 11.2. The minimum absolute atomic E-state index is 0.845. The number of rotatable bonds is 1. The van der Waals surface area contributed by atoms with Crippen LogP contribution in [0.5, 0.6) is 0 Å². The third kappa shape index (κ3) is 3.80. The van der Waals surface area contributed by atoms with Gasteiger partial charge in [0.05, 0.1) is 6.54 Å². The molecule has 0 aromatic heterocycles. The van der Waals surface area contributed by atoms with E-state index in [0.29, 0.717) is 0 Å². The first-order valence-electron chi connectivity index (χ1n) is 5.67. The minimum atomic E-state index is 0.845. The molecule has 1 saturated heterocycles. The van der Waals surface area contributed by atoms with E-state index in [4.69, 9.17) is 5.73 Å². The Morgan fingerprint density at radius 2 is 1.67 bits per heavy atom. The molecule has 1 aliphatic rings. The van der Waals surface area contributed by atoms with Crippen LogP contribution < -0.4 is 16.4 Å². The van der Waals surface area contributed by atoms with E-state index in [-0.39, 0.29) is 0 Å². The van der Waals surface area contributed by atoms with E-state index >= 15 is 0 Å². The molecule has 1 heterocycles. The normalized spacial score (nSPS) is 14.7. The van der Waals surface area contributed by atoms with Gasteiger partial charge in [-0.05, 0) is 44.0 Å². The third-order valence-corrected chi connectivity index (χ3v) is 2.36. The first kappa shape index (κ1) is 11.9. The number of anilines is 2. The van der Waals surface area contributed by atoms with Crippen LogP contribution in [0.4, 0.5) is 11.4 Å². The summed E-state index contributed by atoms with van der Waals surface area (Å²) in [6, 6.07) is 8.13. The smallest absolute Gasteiger partial charge is 0.0711 e. The van der Waals surface area contributed by atoms with Gasteiger partial charge in [-0.2, -0.15) is 0 Å². The molecule has 3 nitrogen and oxygen atoms in total. The van der Waals surface area contributed by atoms with Gasteiger partial charge in [0.1, 0.15) is 0 Å². The molecule has 1 aromatic rings. The molecule has 0 saturated carbocycles. The Morgan fingerprint density at radius 3 is 2.13 bits per heavy atom. The van der Waals surface area contributed by atoms with Gasteiger partial charge < -0.3 is 16.4 Å². The second-order valence-corrected chi connectivity index (χ2v) is 3.79. The van der Waals surface area contributed by atoms with E-state index in [1.165, 1.54) is 31.6 Å². The van der Waals surface area contributed by atoms with Crippen LogP contribution in [0.1, 0.15) is 19.8 Å². The van der Waals surface area contributed by atoms with Crippen LogP contribution >= 0.6 is 0 Å². The van der Waals surface area contributed by atoms with Crippen LogP contribution in [0, 0.1) is 0 Å². The number of nitrogens with zero attached hydrogens (tertiary/aromatic N) is 1. The van der Waals surface area contributed by atoms with E-state index in [9.17, 15) is 0 Å². The van der Waals surface area contributed by atoms with Gasteiger partial charge in [0.15, 0.2) is 0 Å². The van der Waals surface area contributed by atoms with Gasteiger partial charge in [0, 0.05) is 24.5 Å². The molecule has 15 heavy (non-hydrogen) atoms. The first-order chi connectivity index (χ1) is 7.27. The van der Waals surface area contributed by atoms with Crippen molar-refractivity contribution >= 4 is 11.4 Å². The number of benzene rings is 1. The summed E-state index contributed by atoms with van der Waals surface area (Å²) in [4.78, 5) is 2.40. The zero-order valence-corrected chi connectivity index (χ0v) is 9.58. The fourth-order valence-corrected chi connectivity index (χ4v) is 1.66. The lowest BCUT2D eigenvalue weighted by Gasteiger charge is -2.17. The van der Waals surface area contributed by atoms with Gasteiger partial charge in [-0.15, -0.1) is 0 Å². The standard InChI is InChI=1S/C10H14N2.C2H7N/c11-9-3-5-10(6-4-9)12-7-1-2-8-12;1-2-3/h3-6H,1-2,7-8,11H2;2-3H2,1H3/p+1. The lowest BCUT2D eigenvalue weighted by molar-refractivity contribution is -0.361. The van der Waals surface area contributed by atoms with Gasteiger partial charge >= 0.3 is 0 Å². The Bertz CT molecular complexity index is 263. The van der Waals surface area contributed by atoms with Crippen molar-refractivity contribution in [1.82, 2.24) is 0 Å². The highest BCUT2D eigenvalue weighted by molar-refractivity contribution is 5.53. The molecule has 0 amide bonds. The molecule has 0 atom stereocenters. The zero-order chi connectivity index (χ0) is 11.1. The molecule has 0 spiro atoms. The van der Waals surface area contributed by atoms with Gasteiger partial charge in [0.2, 0.25) is 0 Å². The maximum Gasteiger partial charge on any atom is 0.0711 e. The molecular formula is C12H22N3+. The predicted octanol–water partition coefficient (Wildman–Crippen LogP) is 1.12. The number of hydrogen-bond donors (Lipinski definition) is 2. The highest BCUT2D eigenvalue weighted by Gasteiger charge is 2.11. The Morgan fingerprint density at radius 1 is 1.20 bits per heavy atom. The summed E-state index contributed by atoms with van der Waals surface area (Å²) in [6.45, 7) is 5.41. The molecule has 0 unspecified atom stereocenters. The van der Waals surface area contributed by atoms with Crippen LogP contribution in [0.3, 0.4) is 0 Å². The summed E-state index contributed by atoms with van der Waals surface area (Å²) in [7, 11) is 0. The van der Waals surface area contributed by atoms with E-state index in [1.807, 2.05) is 19.1 Å². The zero-order valence-electron chi connectivity index (χ0n) is 9.58. The number of nitrogen functional groups attached to an aromatic ring is 1. The van der Waals surface area contributed by atoms with Crippen molar-refractivity contribution in [2.24, 2.45) is 0 Å². The molecule has 3 heteroatoms. The average Bonchev–Trinajstić information content (AvgIpc) is 2.73. The fourth-order valence-electron chi connectivity index (χ4n) is 1.66. The lowest BCUT2D eigenvalue weighted by atomic mass is 10.2. The Hall–Kier alpha value is -1.22. The average molecular weight is 208 g/mol. The molecule has 1 aromatic carbocycles. The molecular weight excluding hydrogens is 186 g/mol. The van der Waals surface area contributed by atoms with Crippen molar-refractivity contribution in [3.8, 4) is 0 Å². The highest BCUT2D eigenvalue weighted by Crippen LogP contribution is 2.20. The molecule has 2 rings (SSSR count). The van der Waals surface area contributed by atoms with Crippen LogP contribution in [-0.2, 0) is 0 Å². The topological polar surface area (TPSA) is 56.9 Å². The Balaban J connectivity index is 0.000000337. The Labute approximate surface area is 92.1 Å².